The van der Waals surface area contributed by atoms with Crippen molar-refractivity contribution in [2.24, 2.45) is 10.9 Å². The molecule has 2 heterocycles. The third kappa shape index (κ3) is 4.47. The Hall–Kier alpha value is -1.66. The van der Waals surface area contributed by atoms with Crippen LogP contribution < -0.4 is 11.1 Å². The maximum Gasteiger partial charge on any atom is 0.188 e. The molecule has 110 valence electrons. The summed E-state index contributed by atoms with van der Waals surface area (Å²) in [6, 6.07) is 3.73. The van der Waals surface area contributed by atoms with Gasteiger partial charge in [-0.1, -0.05) is 5.16 Å². The number of amidine groups is 1. The van der Waals surface area contributed by atoms with E-state index in [-0.39, 0.29) is 5.84 Å². The van der Waals surface area contributed by atoms with E-state index in [4.69, 9.17) is 15.7 Å². The van der Waals surface area contributed by atoms with E-state index in [1.165, 1.54) is 19.3 Å². The van der Waals surface area contributed by atoms with E-state index in [9.17, 15) is 0 Å². The largest absolute Gasteiger partial charge is 0.409 e. The summed E-state index contributed by atoms with van der Waals surface area (Å²) in [5.41, 5.74) is 7.07. The summed E-state index contributed by atoms with van der Waals surface area (Å²) in [4.78, 5) is 4.05. The number of nitrogens with one attached hydrogen (secondary N) is 1. The van der Waals surface area contributed by atoms with Gasteiger partial charge < -0.3 is 21.0 Å². The molecule has 0 spiro atoms. The van der Waals surface area contributed by atoms with Crippen LogP contribution in [0.1, 0.15) is 36.9 Å². The molecule has 20 heavy (non-hydrogen) atoms. The highest BCUT2D eigenvalue weighted by Crippen LogP contribution is 2.14. The van der Waals surface area contributed by atoms with Crippen molar-refractivity contribution in [2.45, 2.75) is 38.3 Å². The van der Waals surface area contributed by atoms with E-state index in [0.29, 0.717) is 11.8 Å². The van der Waals surface area contributed by atoms with Gasteiger partial charge in [0.25, 0.3) is 0 Å². The van der Waals surface area contributed by atoms with Crippen molar-refractivity contribution in [1.82, 2.24) is 10.3 Å². The molecule has 6 nitrogen and oxygen atoms in total. The van der Waals surface area contributed by atoms with Crippen molar-refractivity contribution in [3.8, 4) is 0 Å². The Kier molecular flexibility index (Phi) is 5.76. The van der Waals surface area contributed by atoms with Crippen LogP contribution in [0.2, 0.25) is 0 Å². The third-order valence-electron chi connectivity index (χ3n) is 3.44. The molecule has 4 N–H and O–H groups in total. The van der Waals surface area contributed by atoms with E-state index >= 15 is 0 Å². The zero-order valence-electron chi connectivity index (χ0n) is 11.6. The summed E-state index contributed by atoms with van der Waals surface area (Å²) in [6.07, 6.45) is 6.74. The number of hydrogen-bond donors (Lipinski definition) is 3. The molecule has 1 aromatic heterocycles. The standard InChI is InChI=1S/C14H22N4O2/c15-14(18-19)13-9-11(4-7-17-13)10-16-6-5-12-3-1-2-8-20-12/h4,7,9,12,16,19H,1-3,5-6,8,10H2,(H2,15,18). The second-order valence-electron chi connectivity index (χ2n) is 4.99. The molecule has 1 saturated heterocycles. The van der Waals surface area contributed by atoms with E-state index in [1.54, 1.807) is 6.20 Å². The van der Waals surface area contributed by atoms with Crippen LogP contribution in [0.25, 0.3) is 0 Å². The van der Waals surface area contributed by atoms with Gasteiger partial charge in [-0.2, -0.15) is 0 Å². The first kappa shape index (κ1) is 14.7. The summed E-state index contributed by atoms with van der Waals surface area (Å²) < 4.78 is 5.69. The molecule has 1 atom stereocenters. The number of nitrogens with zero attached hydrogens (tertiary/aromatic N) is 2. The highest BCUT2D eigenvalue weighted by Gasteiger charge is 2.12. The second kappa shape index (κ2) is 7.81. The van der Waals surface area contributed by atoms with E-state index in [0.717, 1.165) is 31.7 Å². The lowest BCUT2D eigenvalue weighted by molar-refractivity contribution is 0.0115. The van der Waals surface area contributed by atoms with Crippen molar-refractivity contribution in [3.05, 3.63) is 29.6 Å². The Morgan fingerprint density at radius 2 is 2.45 bits per heavy atom. The summed E-state index contributed by atoms with van der Waals surface area (Å²) in [5.74, 6) is 0.0301. The Labute approximate surface area is 119 Å². The molecule has 1 fully saturated rings. The lowest BCUT2D eigenvalue weighted by atomic mass is 10.1. The Balaban J connectivity index is 1.73. The fraction of sp³-hybridized carbons (Fsp3) is 0.571. The minimum Gasteiger partial charge on any atom is -0.409 e. The van der Waals surface area contributed by atoms with Crippen LogP contribution in [0.4, 0.5) is 0 Å². The first-order valence-electron chi connectivity index (χ1n) is 7.04. The number of ether oxygens (including phenoxy) is 1. The number of rotatable bonds is 6. The molecule has 1 aliphatic heterocycles. The molecule has 0 amide bonds. The summed E-state index contributed by atoms with van der Waals surface area (Å²) in [6.45, 7) is 2.56. The zero-order valence-corrected chi connectivity index (χ0v) is 11.6. The van der Waals surface area contributed by atoms with Gasteiger partial charge in [0, 0.05) is 19.3 Å². The predicted molar refractivity (Wildman–Crippen MR) is 76.7 cm³/mol. The number of nitrogens with two attached hydrogens (primary N) is 1. The van der Waals surface area contributed by atoms with Gasteiger partial charge in [0.1, 0.15) is 5.69 Å². The van der Waals surface area contributed by atoms with Gasteiger partial charge >= 0.3 is 0 Å². The van der Waals surface area contributed by atoms with E-state index < -0.39 is 0 Å². The SMILES string of the molecule is N/C(=N/O)c1cc(CNCCC2CCCCO2)ccn1. The fourth-order valence-corrected chi connectivity index (χ4v) is 2.31. The molecule has 0 bridgehead atoms. The maximum absolute atomic E-state index is 8.63. The Bertz CT molecular complexity index is 445. The fourth-order valence-electron chi connectivity index (χ4n) is 2.31. The molecular weight excluding hydrogens is 256 g/mol. The van der Waals surface area contributed by atoms with Crippen molar-refractivity contribution >= 4 is 5.84 Å². The van der Waals surface area contributed by atoms with Crippen LogP contribution in [-0.4, -0.2) is 35.3 Å². The smallest absolute Gasteiger partial charge is 0.188 e. The molecule has 0 radical (unpaired) electrons. The average molecular weight is 278 g/mol. The quantitative estimate of drug-likeness (QED) is 0.239. The minimum atomic E-state index is 0.0301. The normalized spacial score (nSPS) is 20.0. The van der Waals surface area contributed by atoms with E-state index in [1.807, 2.05) is 12.1 Å². The van der Waals surface area contributed by atoms with Crippen LogP contribution in [0, 0.1) is 0 Å². The first-order valence-corrected chi connectivity index (χ1v) is 7.04. The van der Waals surface area contributed by atoms with Crippen LogP contribution in [0.3, 0.4) is 0 Å². The highest BCUT2D eigenvalue weighted by molar-refractivity contribution is 5.95. The van der Waals surface area contributed by atoms with Gasteiger partial charge in [-0.25, -0.2) is 0 Å². The highest BCUT2D eigenvalue weighted by atomic mass is 16.5. The predicted octanol–water partition coefficient (Wildman–Crippen LogP) is 1.22. The lowest BCUT2D eigenvalue weighted by Crippen LogP contribution is -2.25. The molecule has 0 aromatic carbocycles. The number of aromatic nitrogens is 1. The van der Waals surface area contributed by atoms with Crippen molar-refractivity contribution < 1.29 is 9.94 Å². The topological polar surface area (TPSA) is 92.8 Å². The van der Waals surface area contributed by atoms with Gasteiger partial charge in [0.15, 0.2) is 5.84 Å². The van der Waals surface area contributed by atoms with Crippen molar-refractivity contribution in [2.75, 3.05) is 13.2 Å². The number of pyridine rings is 1. The van der Waals surface area contributed by atoms with Crippen molar-refractivity contribution in [3.63, 3.8) is 0 Å². The minimum absolute atomic E-state index is 0.0301. The van der Waals surface area contributed by atoms with Gasteiger partial charge in [0.05, 0.1) is 6.10 Å². The molecule has 0 aliphatic carbocycles. The van der Waals surface area contributed by atoms with Crippen LogP contribution in [-0.2, 0) is 11.3 Å². The summed E-state index contributed by atoms with van der Waals surface area (Å²) in [7, 11) is 0. The lowest BCUT2D eigenvalue weighted by Gasteiger charge is -2.22. The summed E-state index contributed by atoms with van der Waals surface area (Å²) in [5, 5.41) is 15.0. The summed E-state index contributed by atoms with van der Waals surface area (Å²) >= 11 is 0. The molecule has 6 heteroatoms. The molecule has 1 aliphatic rings. The Morgan fingerprint density at radius 3 is 3.20 bits per heavy atom. The maximum atomic E-state index is 8.63. The first-order chi connectivity index (χ1) is 9.79. The van der Waals surface area contributed by atoms with Crippen LogP contribution >= 0.6 is 0 Å². The average Bonchev–Trinajstić information content (AvgIpc) is 2.52. The van der Waals surface area contributed by atoms with Gasteiger partial charge in [-0.15, -0.1) is 0 Å². The van der Waals surface area contributed by atoms with Crippen LogP contribution in [0.15, 0.2) is 23.5 Å². The number of hydrogen-bond acceptors (Lipinski definition) is 5. The zero-order chi connectivity index (χ0) is 14.2. The van der Waals surface area contributed by atoms with Gasteiger partial charge in [-0.3, -0.25) is 4.98 Å². The van der Waals surface area contributed by atoms with Gasteiger partial charge in [0.2, 0.25) is 0 Å². The number of oxime groups is 1. The van der Waals surface area contributed by atoms with Crippen LogP contribution in [0.5, 0.6) is 0 Å². The molecule has 0 saturated carbocycles. The Morgan fingerprint density at radius 1 is 1.55 bits per heavy atom. The van der Waals surface area contributed by atoms with Crippen molar-refractivity contribution in [1.29, 1.82) is 0 Å². The second-order valence-corrected chi connectivity index (χ2v) is 4.99. The molecule has 1 aromatic rings. The monoisotopic (exact) mass is 278 g/mol. The third-order valence-corrected chi connectivity index (χ3v) is 3.44. The van der Waals surface area contributed by atoms with E-state index in [2.05, 4.69) is 15.5 Å². The molecule has 1 unspecified atom stereocenters. The van der Waals surface area contributed by atoms with Gasteiger partial charge in [-0.05, 0) is 49.9 Å². The molecular formula is C14H22N4O2. The molecule has 2 rings (SSSR count).